The molecule has 4 rings (SSSR count). The van der Waals surface area contributed by atoms with E-state index in [0.717, 1.165) is 22.3 Å². The predicted octanol–water partition coefficient (Wildman–Crippen LogP) is 4.41. The van der Waals surface area contributed by atoms with Crippen LogP contribution < -0.4 is 5.32 Å². The number of likely N-dealkylation sites (tertiary alicyclic amines) is 1. The summed E-state index contributed by atoms with van der Waals surface area (Å²) in [7, 11) is 0. The Balaban J connectivity index is 1.47. The Morgan fingerprint density at radius 2 is 1.59 bits per heavy atom. The summed E-state index contributed by atoms with van der Waals surface area (Å²) in [5.74, 6) is -1.81. The highest BCUT2D eigenvalue weighted by Crippen LogP contribution is 2.44. The van der Waals surface area contributed by atoms with Crippen LogP contribution in [0.2, 0.25) is 0 Å². The van der Waals surface area contributed by atoms with Gasteiger partial charge in [0.15, 0.2) is 0 Å². The zero-order valence-electron chi connectivity index (χ0n) is 19.9. The van der Waals surface area contributed by atoms with Gasteiger partial charge < -0.3 is 20.1 Å². The molecule has 7 nitrogen and oxygen atoms in total. The number of alkyl carbamates (subject to hydrolysis) is 1. The van der Waals surface area contributed by atoms with E-state index in [4.69, 9.17) is 4.74 Å². The molecule has 1 fully saturated rings. The molecular formula is C27H32N2O5. The van der Waals surface area contributed by atoms with Gasteiger partial charge in [-0.05, 0) is 48.4 Å². The Kier molecular flexibility index (Phi) is 6.64. The second kappa shape index (κ2) is 9.49. The number of carbonyl (C=O) groups is 3. The molecule has 1 saturated heterocycles. The first-order valence-corrected chi connectivity index (χ1v) is 12.0. The molecule has 2 unspecified atom stereocenters. The largest absolute Gasteiger partial charge is 0.481 e. The van der Waals surface area contributed by atoms with Gasteiger partial charge in [0.05, 0.1) is 5.92 Å². The number of carbonyl (C=O) groups excluding carboxylic acids is 2. The van der Waals surface area contributed by atoms with Crippen LogP contribution >= 0.6 is 0 Å². The minimum absolute atomic E-state index is 0.0681. The topological polar surface area (TPSA) is 95.9 Å². The van der Waals surface area contributed by atoms with Crippen molar-refractivity contribution < 1.29 is 24.2 Å². The lowest BCUT2D eigenvalue weighted by Crippen LogP contribution is -2.60. The average Bonchev–Trinajstić information content (AvgIpc) is 3.39. The second-order valence-electron chi connectivity index (χ2n) is 9.21. The maximum Gasteiger partial charge on any atom is 0.408 e. The fraction of sp³-hybridized carbons (Fsp3) is 0.444. The Morgan fingerprint density at radius 1 is 1.03 bits per heavy atom. The van der Waals surface area contributed by atoms with Crippen LogP contribution in [0.3, 0.4) is 0 Å². The number of benzene rings is 2. The average molecular weight is 465 g/mol. The molecule has 2 aromatic rings. The van der Waals surface area contributed by atoms with Gasteiger partial charge in [-0.25, -0.2) is 4.79 Å². The van der Waals surface area contributed by atoms with E-state index in [0.29, 0.717) is 25.8 Å². The molecule has 0 spiro atoms. The molecule has 2 N–H and O–H groups in total. The molecule has 1 heterocycles. The number of hydrogen-bond acceptors (Lipinski definition) is 4. The van der Waals surface area contributed by atoms with E-state index in [9.17, 15) is 19.5 Å². The van der Waals surface area contributed by atoms with Gasteiger partial charge in [-0.1, -0.05) is 62.4 Å². The first-order chi connectivity index (χ1) is 16.3. The number of aliphatic carboxylic acids is 1. The van der Waals surface area contributed by atoms with Crippen molar-refractivity contribution in [3.05, 3.63) is 59.7 Å². The molecule has 0 radical (unpaired) electrons. The van der Waals surface area contributed by atoms with Crippen molar-refractivity contribution in [3.63, 3.8) is 0 Å². The molecule has 2 amide bonds. The van der Waals surface area contributed by atoms with E-state index in [1.807, 2.05) is 38.1 Å². The molecular weight excluding hydrogens is 432 g/mol. The van der Waals surface area contributed by atoms with E-state index >= 15 is 0 Å². The Bertz CT molecular complexity index is 1050. The van der Waals surface area contributed by atoms with Crippen LogP contribution in [0.25, 0.3) is 11.1 Å². The SMILES string of the molecule is CCC(CC)(NC(=O)OCC1c2ccccc2-c2ccccc21)C(=O)N1CCC(C(=O)O)C1C. The van der Waals surface area contributed by atoms with E-state index in [2.05, 4.69) is 29.6 Å². The summed E-state index contributed by atoms with van der Waals surface area (Å²) in [6, 6.07) is 15.8. The maximum absolute atomic E-state index is 13.5. The Hall–Kier alpha value is -3.35. The van der Waals surface area contributed by atoms with E-state index in [1.165, 1.54) is 0 Å². The third kappa shape index (κ3) is 4.04. The van der Waals surface area contributed by atoms with Gasteiger partial charge in [-0.2, -0.15) is 0 Å². The lowest BCUT2D eigenvalue weighted by atomic mass is 9.90. The molecule has 2 atom stereocenters. The van der Waals surface area contributed by atoms with Gasteiger partial charge in [-0.3, -0.25) is 9.59 Å². The Labute approximate surface area is 200 Å². The summed E-state index contributed by atoms with van der Waals surface area (Å²) < 4.78 is 5.68. The van der Waals surface area contributed by atoms with Crippen LogP contribution in [0.1, 0.15) is 57.1 Å². The van der Waals surface area contributed by atoms with Gasteiger partial charge in [0.2, 0.25) is 5.91 Å². The highest BCUT2D eigenvalue weighted by molar-refractivity contribution is 5.91. The summed E-state index contributed by atoms with van der Waals surface area (Å²) in [4.78, 5) is 39.5. The number of nitrogens with zero attached hydrogens (tertiary/aromatic N) is 1. The van der Waals surface area contributed by atoms with Crippen molar-refractivity contribution in [2.45, 2.75) is 57.5 Å². The van der Waals surface area contributed by atoms with Crippen molar-refractivity contribution in [1.29, 1.82) is 0 Å². The van der Waals surface area contributed by atoms with E-state index < -0.39 is 29.6 Å². The second-order valence-corrected chi connectivity index (χ2v) is 9.21. The molecule has 34 heavy (non-hydrogen) atoms. The molecule has 1 aliphatic carbocycles. The quantitative estimate of drug-likeness (QED) is 0.633. The Morgan fingerprint density at radius 3 is 2.09 bits per heavy atom. The normalized spacial score (nSPS) is 19.4. The first kappa shape index (κ1) is 23.8. The van der Waals surface area contributed by atoms with Crippen LogP contribution in [-0.2, 0) is 14.3 Å². The summed E-state index contributed by atoms with van der Waals surface area (Å²) in [6.45, 7) is 5.98. The minimum atomic E-state index is -1.13. The number of carboxylic acids is 1. The molecule has 0 saturated carbocycles. The fourth-order valence-electron chi connectivity index (χ4n) is 5.44. The zero-order chi connectivity index (χ0) is 24.5. The zero-order valence-corrected chi connectivity index (χ0v) is 19.9. The predicted molar refractivity (Wildman–Crippen MR) is 128 cm³/mol. The number of rotatable bonds is 7. The molecule has 2 aromatic carbocycles. The fourth-order valence-corrected chi connectivity index (χ4v) is 5.44. The lowest BCUT2D eigenvalue weighted by molar-refractivity contribution is -0.144. The van der Waals surface area contributed by atoms with Gasteiger partial charge >= 0.3 is 12.1 Å². The van der Waals surface area contributed by atoms with Crippen molar-refractivity contribution in [2.24, 2.45) is 5.92 Å². The molecule has 1 aliphatic heterocycles. The minimum Gasteiger partial charge on any atom is -0.481 e. The van der Waals surface area contributed by atoms with Crippen LogP contribution in [0.5, 0.6) is 0 Å². The van der Waals surface area contributed by atoms with Crippen LogP contribution in [0.15, 0.2) is 48.5 Å². The number of fused-ring (bicyclic) bond motifs is 3. The van der Waals surface area contributed by atoms with E-state index in [1.54, 1.807) is 11.8 Å². The molecule has 7 heteroatoms. The summed E-state index contributed by atoms with van der Waals surface area (Å²) in [6.07, 6.45) is 0.540. The number of nitrogens with one attached hydrogen (secondary N) is 1. The number of ether oxygens (including phenoxy) is 1. The smallest absolute Gasteiger partial charge is 0.408 e. The maximum atomic E-state index is 13.5. The van der Waals surface area contributed by atoms with E-state index in [-0.39, 0.29) is 18.4 Å². The lowest BCUT2D eigenvalue weighted by Gasteiger charge is -2.37. The van der Waals surface area contributed by atoms with Crippen molar-refractivity contribution in [3.8, 4) is 11.1 Å². The van der Waals surface area contributed by atoms with Crippen molar-refractivity contribution in [1.82, 2.24) is 10.2 Å². The standard InChI is InChI=1S/C27H32N2O5/c1-4-27(5-2,25(32)29-15-14-18(17(29)3)24(30)31)28-26(33)34-16-23-21-12-8-6-10-19(21)20-11-7-9-13-22(20)23/h6-13,17-18,23H,4-5,14-16H2,1-3H3,(H,28,33)(H,30,31). The molecule has 0 aromatic heterocycles. The number of carboxylic acid groups (broad SMARTS) is 1. The first-order valence-electron chi connectivity index (χ1n) is 12.0. The number of amides is 2. The highest BCUT2D eigenvalue weighted by atomic mass is 16.5. The molecule has 2 aliphatic rings. The summed E-state index contributed by atoms with van der Waals surface area (Å²) >= 11 is 0. The monoisotopic (exact) mass is 464 g/mol. The van der Waals surface area contributed by atoms with Crippen molar-refractivity contribution in [2.75, 3.05) is 13.2 Å². The van der Waals surface area contributed by atoms with Crippen LogP contribution in [-0.4, -0.2) is 52.7 Å². The van der Waals surface area contributed by atoms with Crippen LogP contribution in [0.4, 0.5) is 4.79 Å². The highest BCUT2D eigenvalue weighted by Gasteiger charge is 2.46. The van der Waals surface area contributed by atoms with Crippen molar-refractivity contribution >= 4 is 18.0 Å². The van der Waals surface area contributed by atoms with Gasteiger partial charge in [-0.15, -0.1) is 0 Å². The van der Waals surface area contributed by atoms with Gasteiger partial charge in [0.1, 0.15) is 12.1 Å². The number of hydrogen-bond donors (Lipinski definition) is 2. The van der Waals surface area contributed by atoms with Gasteiger partial charge in [0.25, 0.3) is 0 Å². The molecule has 0 bridgehead atoms. The molecule has 180 valence electrons. The summed E-state index contributed by atoms with van der Waals surface area (Å²) in [5.41, 5.74) is 3.40. The third-order valence-corrected chi connectivity index (χ3v) is 7.63. The summed E-state index contributed by atoms with van der Waals surface area (Å²) in [5, 5.41) is 12.3. The van der Waals surface area contributed by atoms with Gasteiger partial charge in [0, 0.05) is 18.5 Å². The third-order valence-electron chi connectivity index (χ3n) is 7.63. The van der Waals surface area contributed by atoms with Crippen LogP contribution in [0, 0.1) is 5.92 Å².